The zero-order chi connectivity index (χ0) is 17.6. The summed E-state index contributed by atoms with van der Waals surface area (Å²) >= 11 is 6.19. The lowest BCUT2D eigenvalue weighted by Crippen LogP contribution is -2.28. The summed E-state index contributed by atoms with van der Waals surface area (Å²) in [7, 11) is 0. The molecule has 5 nitrogen and oxygen atoms in total. The van der Waals surface area contributed by atoms with Crippen molar-refractivity contribution in [2.45, 2.75) is 19.9 Å². The third-order valence-electron chi connectivity index (χ3n) is 3.85. The molecule has 1 aliphatic rings. The Morgan fingerprint density at radius 1 is 1.16 bits per heavy atom. The number of carbonyl (C=O) groups excluding carboxylic acids is 1. The topological polar surface area (TPSA) is 56.8 Å². The van der Waals surface area contributed by atoms with Gasteiger partial charge >= 0.3 is 0 Å². The minimum Gasteiger partial charge on any atom is -0.486 e. The van der Waals surface area contributed by atoms with E-state index in [-0.39, 0.29) is 12.5 Å². The molecule has 0 saturated carbocycles. The number of aryl methyl sites for hydroxylation is 1. The first kappa shape index (κ1) is 17.4. The predicted molar refractivity (Wildman–Crippen MR) is 95.6 cm³/mol. The van der Waals surface area contributed by atoms with Gasteiger partial charge in [-0.3, -0.25) is 4.79 Å². The molecule has 132 valence electrons. The standard InChI is InChI=1S/C19H20ClNO4/c1-2-13-3-5-15(6-4-13)25-12-18(22)21-11-14-9-16(20)19-17(10-14)23-7-8-24-19/h3-6,9-10H,2,7-8,11-12H2,1H3,(H,21,22). The molecule has 0 fully saturated rings. The molecule has 0 radical (unpaired) electrons. The quantitative estimate of drug-likeness (QED) is 0.857. The average Bonchev–Trinajstić information content (AvgIpc) is 2.65. The van der Waals surface area contributed by atoms with Gasteiger partial charge < -0.3 is 19.5 Å². The van der Waals surface area contributed by atoms with Crippen molar-refractivity contribution in [1.82, 2.24) is 5.32 Å². The Bertz CT molecular complexity index is 746. The largest absolute Gasteiger partial charge is 0.486 e. The van der Waals surface area contributed by atoms with E-state index in [1.165, 1.54) is 5.56 Å². The molecule has 6 heteroatoms. The normalized spacial score (nSPS) is 12.6. The second kappa shape index (κ2) is 8.12. The molecular formula is C19H20ClNO4. The average molecular weight is 362 g/mol. The van der Waals surface area contributed by atoms with Gasteiger partial charge in [0.1, 0.15) is 19.0 Å². The van der Waals surface area contributed by atoms with Crippen LogP contribution in [0.2, 0.25) is 5.02 Å². The highest BCUT2D eigenvalue weighted by atomic mass is 35.5. The van der Waals surface area contributed by atoms with E-state index in [4.69, 9.17) is 25.8 Å². The van der Waals surface area contributed by atoms with Crippen LogP contribution in [0.25, 0.3) is 0 Å². The third kappa shape index (κ3) is 4.57. The predicted octanol–water partition coefficient (Wildman–Crippen LogP) is 3.37. The molecule has 0 saturated heterocycles. The summed E-state index contributed by atoms with van der Waals surface area (Å²) in [6.45, 7) is 3.37. The van der Waals surface area contributed by atoms with Crippen LogP contribution in [0.1, 0.15) is 18.1 Å². The Balaban J connectivity index is 1.51. The minimum atomic E-state index is -0.203. The van der Waals surface area contributed by atoms with Gasteiger partial charge in [0.25, 0.3) is 5.91 Å². The van der Waals surface area contributed by atoms with E-state index in [0.29, 0.717) is 42.0 Å². The van der Waals surface area contributed by atoms with Gasteiger partial charge in [0, 0.05) is 6.54 Å². The van der Waals surface area contributed by atoms with Crippen molar-refractivity contribution in [3.8, 4) is 17.2 Å². The molecular weight excluding hydrogens is 342 g/mol. The van der Waals surface area contributed by atoms with E-state index in [0.717, 1.165) is 12.0 Å². The molecule has 0 bridgehead atoms. The first-order valence-corrected chi connectivity index (χ1v) is 8.60. The highest BCUT2D eigenvalue weighted by molar-refractivity contribution is 6.32. The number of hydrogen-bond donors (Lipinski definition) is 1. The van der Waals surface area contributed by atoms with Gasteiger partial charge in [-0.2, -0.15) is 0 Å². The number of amides is 1. The zero-order valence-electron chi connectivity index (χ0n) is 14.0. The van der Waals surface area contributed by atoms with Gasteiger partial charge in [0.2, 0.25) is 0 Å². The number of benzene rings is 2. The van der Waals surface area contributed by atoms with Crippen LogP contribution >= 0.6 is 11.6 Å². The van der Waals surface area contributed by atoms with Crippen LogP contribution in [0.4, 0.5) is 0 Å². The molecule has 0 unspecified atom stereocenters. The Morgan fingerprint density at radius 3 is 2.68 bits per heavy atom. The third-order valence-corrected chi connectivity index (χ3v) is 4.13. The molecule has 0 atom stereocenters. The summed E-state index contributed by atoms with van der Waals surface area (Å²) < 4.78 is 16.5. The molecule has 0 aromatic heterocycles. The van der Waals surface area contributed by atoms with E-state index in [1.54, 1.807) is 6.07 Å². The van der Waals surface area contributed by atoms with Crippen molar-refractivity contribution in [2.75, 3.05) is 19.8 Å². The van der Waals surface area contributed by atoms with Crippen molar-refractivity contribution >= 4 is 17.5 Å². The molecule has 1 heterocycles. The minimum absolute atomic E-state index is 0.0379. The fraction of sp³-hybridized carbons (Fsp3) is 0.316. The summed E-state index contributed by atoms with van der Waals surface area (Å²) in [6, 6.07) is 11.3. The number of ether oxygens (including phenoxy) is 3. The first-order valence-electron chi connectivity index (χ1n) is 8.22. The van der Waals surface area contributed by atoms with Gasteiger partial charge in [0.05, 0.1) is 5.02 Å². The van der Waals surface area contributed by atoms with Crippen LogP contribution in [0.15, 0.2) is 36.4 Å². The lowest BCUT2D eigenvalue weighted by Gasteiger charge is -2.20. The Kier molecular flexibility index (Phi) is 5.66. The molecule has 0 aliphatic carbocycles. The zero-order valence-corrected chi connectivity index (χ0v) is 14.8. The molecule has 25 heavy (non-hydrogen) atoms. The Hall–Kier alpha value is -2.40. The number of carbonyl (C=O) groups is 1. The smallest absolute Gasteiger partial charge is 0.258 e. The van der Waals surface area contributed by atoms with Crippen molar-refractivity contribution < 1.29 is 19.0 Å². The Labute approximate surface area is 151 Å². The van der Waals surface area contributed by atoms with E-state index in [1.807, 2.05) is 30.3 Å². The summed E-state index contributed by atoms with van der Waals surface area (Å²) in [5.41, 5.74) is 2.07. The molecule has 3 rings (SSSR count). The SMILES string of the molecule is CCc1ccc(OCC(=O)NCc2cc(Cl)c3c(c2)OCCO3)cc1. The lowest BCUT2D eigenvalue weighted by atomic mass is 10.2. The highest BCUT2D eigenvalue weighted by Gasteiger charge is 2.16. The van der Waals surface area contributed by atoms with Crippen molar-refractivity contribution in [1.29, 1.82) is 0 Å². The Morgan fingerprint density at radius 2 is 1.92 bits per heavy atom. The van der Waals surface area contributed by atoms with Crippen molar-refractivity contribution in [3.63, 3.8) is 0 Å². The number of rotatable bonds is 6. The van der Waals surface area contributed by atoms with Gasteiger partial charge in [-0.25, -0.2) is 0 Å². The number of nitrogens with one attached hydrogen (secondary N) is 1. The highest BCUT2D eigenvalue weighted by Crippen LogP contribution is 2.38. The fourth-order valence-corrected chi connectivity index (χ4v) is 2.78. The van der Waals surface area contributed by atoms with E-state index in [2.05, 4.69) is 12.2 Å². The van der Waals surface area contributed by atoms with E-state index in [9.17, 15) is 4.79 Å². The second-order valence-electron chi connectivity index (χ2n) is 5.66. The fourth-order valence-electron chi connectivity index (χ4n) is 2.49. The number of fused-ring (bicyclic) bond motifs is 1. The van der Waals surface area contributed by atoms with Gasteiger partial charge in [0.15, 0.2) is 18.1 Å². The first-order chi connectivity index (χ1) is 12.2. The van der Waals surface area contributed by atoms with E-state index >= 15 is 0 Å². The molecule has 2 aromatic carbocycles. The summed E-state index contributed by atoms with van der Waals surface area (Å²) in [4.78, 5) is 12.0. The molecule has 0 spiro atoms. The number of hydrogen-bond acceptors (Lipinski definition) is 4. The van der Waals surface area contributed by atoms with Crippen LogP contribution < -0.4 is 19.5 Å². The molecule has 1 N–H and O–H groups in total. The van der Waals surface area contributed by atoms with Crippen LogP contribution in [0.5, 0.6) is 17.2 Å². The summed E-state index contributed by atoms with van der Waals surface area (Å²) in [6.07, 6.45) is 0.971. The summed E-state index contributed by atoms with van der Waals surface area (Å²) in [5, 5.41) is 3.29. The maximum absolute atomic E-state index is 12.0. The molecule has 2 aromatic rings. The van der Waals surface area contributed by atoms with Gasteiger partial charge in [-0.1, -0.05) is 30.7 Å². The molecule has 1 amide bonds. The lowest BCUT2D eigenvalue weighted by molar-refractivity contribution is -0.123. The molecule has 1 aliphatic heterocycles. The maximum atomic E-state index is 12.0. The van der Waals surface area contributed by atoms with Crippen molar-refractivity contribution in [2.24, 2.45) is 0 Å². The number of halogens is 1. The van der Waals surface area contributed by atoms with Crippen LogP contribution in [0, 0.1) is 0 Å². The summed E-state index contributed by atoms with van der Waals surface area (Å²) in [5.74, 6) is 1.64. The van der Waals surface area contributed by atoms with Crippen LogP contribution in [0.3, 0.4) is 0 Å². The van der Waals surface area contributed by atoms with Gasteiger partial charge in [-0.15, -0.1) is 0 Å². The van der Waals surface area contributed by atoms with Crippen LogP contribution in [-0.4, -0.2) is 25.7 Å². The van der Waals surface area contributed by atoms with Crippen molar-refractivity contribution in [3.05, 3.63) is 52.5 Å². The maximum Gasteiger partial charge on any atom is 0.258 e. The second-order valence-corrected chi connectivity index (χ2v) is 6.07. The van der Waals surface area contributed by atoms with Gasteiger partial charge in [-0.05, 0) is 41.8 Å². The van der Waals surface area contributed by atoms with E-state index < -0.39 is 0 Å². The van der Waals surface area contributed by atoms with Crippen LogP contribution in [-0.2, 0) is 17.8 Å². The monoisotopic (exact) mass is 361 g/mol.